The van der Waals surface area contributed by atoms with Gasteiger partial charge in [-0.3, -0.25) is 9.59 Å². The molecule has 2 heterocycles. The van der Waals surface area contributed by atoms with E-state index >= 15 is 0 Å². The van der Waals surface area contributed by atoms with Crippen LogP contribution in [0.5, 0.6) is 0 Å². The molecular weight excluding hydrogens is 408 g/mol. The van der Waals surface area contributed by atoms with E-state index in [1.54, 1.807) is 12.1 Å². The van der Waals surface area contributed by atoms with Gasteiger partial charge in [-0.05, 0) is 24.3 Å². The molecule has 0 aliphatic carbocycles. The van der Waals surface area contributed by atoms with E-state index in [2.05, 4.69) is 30.6 Å². The van der Waals surface area contributed by atoms with Crippen LogP contribution in [0.1, 0.15) is 22.5 Å². The molecule has 0 aliphatic rings. The third-order valence-electron chi connectivity index (χ3n) is 4.10. The number of carbonyl (C=O) groups excluding carboxylic acids is 1. The van der Waals surface area contributed by atoms with Gasteiger partial charge in [0.2, 0.25) is 5.95 Å². The third-order valence-corrected chi connectivity index (χ3v) is 4.10. The highest BCUT2D eigenvalue weighted by Gasteiger charge is 2.23. The van der Waals surface area contributed by atoms with Crippen molar-refractivity contribution in [2.45, 2.75) is 19.0 Å². The molecule has 1 amide bonds. The summed E-state index contributed by atoms with van der Waals surface area (Å²) in [5.41, 5.74) is 13.3. The van der Waals surface area contributed by atoms with Gasteiger partial charge >= 0.3 is 11.9 Å². The van der Waals surface area contributed by atoms with Crippen LogP contribution in [0, 0.1) is 0 Å². The summed E-state index contributed by atoms with van der Waals surface area (Å²) in [6.45, 7) is 0.290. The van der Waals surface area contributed by atoms with Crippen molar-refractivity contribution in [1.29, 1.82) is 0 Å². The first-order valence-corrected chi connectivity index (χ1v) is 8.87. The Balaban J connectivity index is 1.64. The monoisotopic (exact) mass is 426 g/mol. The second-order valence-corrected chi connectivity index (χ2v) is 6.39. The molecule has 0 aliphatic heterocycles. The van der Waals surface area contributed by atoms with Crippen molar-refractivity contribution in [1.82, 2.24) is 25.3 Å². The van der Waals surface area contributed by atoms with Gasteiger partial charge in [0.1, 0.15) is 6.04 Å². The number of carbonyl (C=O) groups is 3. The lowest BCUT2D eigenvalue weighted by atomic mass is 10.1. The highest BCUT2D eigenvalue weighted by Crippen LogP contribution is 2.16. The van der Waals surface area contributed by atoms with Crippen molar-refractivity contribution in [2.24, 2.45) is 0 Å². The molecule has 0 spiro atoms. The number of hydrogen-bond donors (Lipinski definition) is 6. The lowest BCUT2D eigenvalue weighted by molar-refractivity contribution is -0.145. The molecule has 13 nitrogen and oxygen atoms in total. The molecular formula is C18H18N8O5. The number of aromatic nitrogens is 4. The van der Waals surface area contributed by atoms with Gasteiger partial charge in [-0.1, -0.05) is 0 Å². The van der Waals surface area contributed by atoms with Crippen molar-refractivity contribution >= 4 is 46.5 Å². The second-order valence-electron chi connectivity index (χ2n) is 6.39. The van der Waals surface area contributed by atoms with Crippen LogP contribution >= 0.6 is 0 Å². The fraction of sp³-hybridized carbons (Fsp3) is 0.167. The zero-order chi connectivity index (χ0) is 22.5. The first-order valence-electron chi connectivity index (χ1n) is 8.87. The standard InChI is InChI=1S/C18H18N8O5/c19-14-13-15(26-18(20)25-14)22-7-10(23-13)6-21-9-3-1-8(2-4-9)16(29)24-11(17(30)31)5-12(27)28/h1-4,7,11,21H,5-6H2,(H,24,29)(H,27,28)(H,30,31)(H4,19,20,22,25,26)/t11-/m0/s1. The Hall–Kier alpha value is -4.55. The molecule has 2 aromatic heterocycles. The van der Waals surface area contributed by atoms with Crippen molar-refractivity contribution in [3.8, 4) is 0 Å². The number of aliphatic carboxylic acids is 2. The van der Waals surface area contributed by atoms with Gasteiger partial charge < -0.3 is 32.3 Å². The Morgan fingerprint density at radius 3 is 2.39 bits per heavy atom. The highest BCUT2D eigenvalue weighted by molar-refractivity contribution is 5.97. The van der Waals surface area contributed by atoms with E-state index in [0.717, 1.165) is 0 Å². The van der Waals surface area contributed by atoms with Crippen LogP contribution in [0.25, 0.3) is 11.2 Å². The Kier molecular flexibility index (Phi) is 6.05. The van der Waals surface area contributed by atoms with Crippen molar-refractivity contribution < 1.29 is 24.6 Å². The van der Waals surface area contributed by atoms with E-state index in [1.807, 2.05) is 0 Å². The molecule has 1 aromatic carbocycles. The Morgan fingerprint density at radius 1 is 1.03 bits per heavy atom. The Morgan fingerprint density at radius 2 is 1.74 bits per heavy atom. The number of carboxylic acid groups (broad SMARTS) is 2. The van der Waals surface area contributed by atoms with Gasteiger partial charge in [-0.2, -0.15) is 9.97 Å². The average Bonchev–Trinajstić information content (AvgIpc) is 2.71. The fourth-order valence-electron chi connectivity index (χ4n) is 2.62. The SMILES string of the molecule is Nc1nc(N)c2nc(CNc3ccc(C(=O)N[C@@H](CC(=O)O)C(=O)O)cc3)cnc2n1. The minimum atomic E-state index is -1.53. The first-order chi connectivity index (χ1) is 14.7. The molecule has 1 atom stereocenters. The molecule has 0 radical (unpaired) electrons. The van der Waals surface area contributed by atoms with Crippen LogP contribution in [0.3, 0.4) is 0 Å². The molecule has 0 saturated carbocycles. The zero-order valence-corrected chi connectivity index (χ0v) is 15.9. The minimum Gasteiger partial charge on any atom is -0.481 e. The van der Waals surface area contributed by atoms with E-state index in [-0.39, 0.29) is 29.5 Å². The van der Waals surface area contributed by atoms with Gasteiger partial charge in [-0.25, -0.2) is 14.8 Å². The fourth-order valence-corrected chi connectivity index (χ4v) is 2.62. The molecule has 0 fully saturated rings. The van der Waals surface area contributed by atoms with Crippen molar-refractivity contribution in [3.63, 3.8) is 0 Å². The summed E-state index contributed by atoms with van der Waals surface area (Å²) < 4.78 is 0. The number of rotatable bonds is 8. The van der Waals surface area contributed by atoms with Crippen molar-refractivity contribution in [3.05, 3.63) is 41.7 Å². The number of amides is 1. The molecule has 3 aromatic rings. The lowest BCUT2D eigenvalue weighted by Crippen LogP contribution is -2.42. The number of nitrogen functional groups attached to an aromatic ring is 2. The summed E-state index contributed by atoms with van der Waals surface area (Å²) in [6.07, 6.45) is 0.785. The second kappa shape index (κ2) is 8.86. The van der Waals surface area contributed by atoms with E-state index in [0.29, 0.717) is 16.9 Å². The van der Waals surface area contributed by atoms with Crippen LogP contribution < -0.4 is 22.1 Å². The number of anilines is 3. The molecule has 31 heavy (non-hydrogen) atoms. The number of fused-ring (bicyclic) bond motifs is 1. The van der Waals surface area contributed by atoms with E-state index < -0.39 is 30.3 Å². The summed E-state index contributed by atoms with van der Waals surface area (Å²) in [7, 11) is 0. The molecule has 0 bridgehead atoms. The number of benzene rings is 1. The van der Waals surface area contributed by atoms with Crippen LogP contribution in [0.15, 0.2) is 30.5 Å². The van der Waals surface area contributed by atoms with Gasteiger partial charge in [0, 0.05) is 11.3 Å². The normalized spacial score (nSPS) is 11.6. The largest absolute Gasteiger partial charge is 0.481 e. The van der Waals surface area contributed by atoms with Crippen LogP contribution in [-0.2, 0) is 16.1 Å². The van der Waals surface area contributed by atoms with Crippen LogP contribution in [0.4, 0.5) is 17.5 Å². The predicted octanol–water partition coefficient (Wildman–Crippen LogP) is -0.146. The first kappa shape index (κ1) is 21.2. The number of nitrogens with one attached hydrogen (secondary N) is 2. The predicted molar refractivity (Wildman–Crippen MR) is 109 cm³/mol. The summed E-state index contributed by atoms with van der Waals surface area (Å²) in [6, 6.07) is 4.63. The number of carboxylic acids is 2. The topological polar surface area (TPSA) is 219 Å². The molecule has 0 saturated heterocycles. The van der Waals surface area contributed by atoms with Crippen molar-refractivity contribution in [2.75, 3.05) is 16.8 Å². The third kappa shape index (κ3) is 5.29. The van der Waals surface area contributed by atoms with E-state index in [1.165, 1.54) is 18.3 Å². The quantitative estimate of drug-likeness (QED) is 0.277. The average molecular weight is 426 g/mol. The van der Waals surface area contributed by atoms with Gasteiger partial charge in [0.25, 0.3) is 5.91 Å². The molecule has 8 N–H and O–H groups in total. The molecule has 13 heteroatoms. The maximum absolute atomic E-state index is 12.2. The van der Waals surface area contributed by atoms with Gasteiger partial charge in [0.15, 0.2) is 17.0 Å². The summed E-state index contributed by atoms with van der Waals surface area (Å²) in [5.74, 6) is -3.34. The van der Waals surface area contributed by atoms with Crippen LogP contribution in [-0.4, -0.2) is 54.0 Å². The molecule has 160 valence electrons. The number of hydrogen-bond acceptors (Lipinski definition) is 10. The lowest BCUT2D eigenvalue weighted by Gasteiger charge is -2.13. The molecule has 0 unspecified atom stereocenters. The number of nitrogens with two attached hydrogens (primary N) is 2. The zero-order valence-electron chi connectivity index (χ0n) is 15.9. The number of nitrogens with zero attached hydrogens (tertiary/aromatic N) is 4. The Bertz CT molecular complexity index is 1150. The molecule has 3 rings (SSSR count). The highest BCUT2D eigenvalue weighted by atomic mass is 16.4. The van der Waals surface area contributed by atoms with Gasteiger partial charge in [-0.15, -0.1) is 0 Å². The summed E-state index contributed by atoms with van der Waals surface area (Å²) in [4.78, 5) is 50.3. The van der Waals surface area contributed by atoms with Crippen LogP contribution in [0.2, 0.25) is 0 Å². The summed E-state index contributed by atoms with van der Waals surface area (Å²) in [5, 5.41) is 23.0. The Labute approximate surface area is 174 Å². The minimum absolute atomic E-state index is 0.00642. The van der Waals surface area contributed by atoms with E-state index in [4.69, 9.17) is 21.7 Å². The van der Waals surface area contributed by atoms with Gasteiger partial charge in [0.05, 0.1) is 24.9 Å². The smallest absolute Gasteiger partial charge is 0.326 e. The summed E-state index contributed by atoms with van der Waals surface area (Å²) >= 11 is 0. The maximum atomic E-state index is 12.2. The van der Waals surface area contributed by atoms with E-state index in [9.17, 15) is 14.4 Å². The maximum Gasteiger partial charge on any atom is 0.326 e.